The number of nitrogens with zero attached hydrogens (tertiary/aromatic N) is 2. The molecule has 0 amide bonds. The third-order valence-corrected chi connectivity index (χ3v) is 7.84. The quantitative estimate of drug-likeness (QED) is 0.233. The van der Waals surface area contributed by atoms with E-state index in [-0.39, 0.29) is 11.3 Å². The summed E-state index contributed by atoms with van der Waals surface area (Å²) < 4.78 is 5.45. The van der Waals surface area contributed by atoms with E-state index >= 15 is 0 Å². The maximum Gasteiger partial charge on any atom is 0.334 e. The van der Waals surface area contributed by atoms with Crippen molar-refractivity contribution in [1.29, 1.82) is 0 Å². The monoisotopic (exact) mass is 416 g/mol. The second-order valence-electron chi connectivity index (χ2n) is 6.97. The predicted octanol–water partition coefficient (Wildman–Crippen LogP) is 5.31. The maximum absolute atomic E-state index is 11.6. The first-order valence-electron chi connectivity index (χ1n) is 9.69. The van der Waals surface area contributed by atoms with Gasteiger partial charge in [0.15, 0.2) is 5.69 Å². The average Bonchev–Trinajstić information content (AvgIpc) is 3.16. The molecule has 0 aliphatic carbocycles. The van der Waals surface area contributed by atoms with Crippen molar-refractivity contribution in [2.75, 3.05) is 0 Å². The fraction of sp³-hybridized carbons (Fsp3) is 0.125. The van der Waals surface area contributed by atoms with E-state index < -0.39 is 12.8 Å². The molecule has 0 unspecified atom stereocenters. The van der Waals surface area contributed by atoms with E-state index in [1.807, 2.05) is 54.6 Å². The number of hydrogen-bond acceptors (Lipinski definition) is 4. The summed E-state index contributed by atoms with van der Waals surface area (Å²) in [5.41, 5.74) is 1.41. The molecule has 0 N–H and O–H groups in total. The Hall–Kier alpha value is -3.30. The number of benzene rings is 3. The zero-order chi connectivity index (χ0) is 20.9. The van der Waals surface area contributed by atoms with Crippen LogP contribution in [0.5, 0.6) is 0 Å². The highest BCUT2D eigenvalue weighted by Gasteiger charge is 2.32. The van der Waals surface area contributed by atoms with Gasteiger partial charge in [-0.25, -0.2) is 0 Å². The van der Waals surface area contributed by atoms with Crippen molar-refractivity contribution in [3.63, 3.8) is 0 Å². The molecule has 0 fully saturated rings. The first-order valence-corrected chi connectivity index (χ1v) is 11.1. The SMILES string of the molecule is Cc1noc(C[C@@H](c2ccccc2)P(c2ccccc2)c2ccccc2)c1[N+](=O)[O-]. The summed E-state index contributed by atoms with van der Waals surface area (Å²) in [6.07, 6.45) is 0.399. The highest BCUT2D eigenvalue weighted by molar-refractivity contribution is 7.73. The van der Waals surface area contributed by atoms with Gasteiger partial charge in [0.1, 0.15) is 0 Å². The van der Waals surface area contributed by atoms with Gasteiger partial charge in [0.25, 0.3) is 0 Å². The Morgan fingerprint density at radius 1 is 0.900 bits per heavy atom. The maximum atomic E-state index is 11.6. The van der Waals surface area contributed by atoms with Gasteiger partial charge in [0, 0.05) is 12.1 Å². The van der Waals surface area contributed by atoms with Crippen molar-refractivity contribution < 1.29 is 9.45 Å². The van der Waals surface area contributed by atoms with Crippen molar-refractivity contribution in [1.82, 2.24) is 5.16 Å². The molecule has 150 valence electrons. The zero-order valence-electron chi connectivity index (χ0n) is 16.5. The van der Waals surface area contributed by atoms with Crippen LogP contribution in [0.3, 0.4) is 0 Å². The van der Waals surface area contributed by atoms with Gasteiger partial charge in [-0.15, -0.1) is 0 Å². The molecule has 0 bridgehead atoms. The van der Waals surface area contributed by atoms with Crippen LogP contribution < -0.4 is 10.6 Å². The summed E-state index contributed by atoms with van der Waals surface area (Å²) in [4.78, 5) is 11.3. The minimum atomic E-state index is -0.847. The lowest BCUT2D eigenvalue weighted by Gasteiger charge is -2.28. The molecule has 1 atom stereocenters. The normalized spacial score (nSPS) is 12.1. The van der Waals surface area contributed by atoms with Gasteiger partial charge >= 0.3 is 5.69 Å². The third kappa shape index (κ3) is 4.17. The topological polar surface area (TPSA) is 69.2 Å². The van der Waals surface area contributed by atoms with E-state index in [0.29, 0.717) is 17.9 Å². The van der Waals surface area contributed by atoms with Crippen LogP contribution in [0.1, 0.15) is 22.7 Å². The molecule has 5 nitrogen and oxygen atoms in total. The fourth-order valence-electron chi connectivity index (χ4n) is 3.67. The van der Waals surface area contributed by atoms with Crippen molar-refractivity contribution >= 4 is 24.2 Å². The van der Waals surface area contributed by atoms with Crippen molar-refractivity contribution in [2.45, 2.75) is 19.0 Å². The summed E-state index contributed by atoms with van der Waals surface area (Å²) in [6, 6.07) is 30.9. The standard InChI is InChI=1S/C24H21N2O3P/c1-18-24(26(27)28)22(29-25-18)17-23(19-11-5-2-6-12-19)30(20-13-7-3-8-14-20)21-15-9-4-10-16-21/h2-16,23H,17H2,1H3/t23-/m0/s1. The van der Waals surface area contributed by atoms with Crippen LogP contribution in [0.25, 0.3) is 0 Å². The lowest BCUT2D eigenvalue weighted by Crippen LogP contribution is -2.18. The number of nitro groups is 1. The molecular weight excluding hydrogens is 395 g/mol. The van der Waals surface area contributed by atoms with E-state index in [1.54, 1.807) is 6.92 Å². The summed E-state index contributed by atoms with van der Waals surface area (Å²) in [6.45, 7) is 1.61. The van der Waals surface area contributed by atoms with Crippen LogP contribution in [0.15, 0.2) is 95.5 Å². The minimum Gasteiger partial charge on any atom is -0.354 e. The second-order valence-corrected chi connectivity index (χ2v) is 9.36. The number of hydrogen-bond donors (Lipinski definition) is 0. The average molecular weight is 416 g/mol. The Bertz CT molecular complexity index is 1080. The summed E-state index contributed by atoms with van der Waals surface area (Å²) in [5, 5.41) is 18.0. The van der Waals surface area contributed by atoms with Gasteiger partial charge < -0.3 is 4.52 Å². The van der Waals surface area contributed by atoms with Gasteiger partial charge in [-0.3, -0.25) is 10.1 Å². The molecule has 0 radical (unpaired) electrons. The molecule has 0 spiro atoms. The van der Waals surface area contributed by atoms with Gasteiger partial charge in [-0.1, -0.05) is 96.2 Å². The van der Waals surface area contributed by atoms with Crippen LogP contribution in [0, 0.1) is 17.0 Å². The third-order valence-electron chi connectivity index (χ3n) is 5.03. The van der Waals surface area contributed by atoms with Gasteiger partial charge in [0.05, 0.1) is 4.92 Å². The molecular formula is C24H21N2O3P. The predicted molar refractivity (Wildman–Crippen MR) is 120 cm³/mol. The van der Waals surface area contributed by atoms with Crippen LogP contribution in [-0.2, 0) is 6.42 Å². The van der Waals surface area contributed by atoms with Crippen LogP contribution in [-0.4, -0.2) is 10.1 Å². The van der Waals surface area contributed by atoms with E-state index in [1.165, 1.54) is 10.6 Å². The molecule has 1 heterocycles. The Morgan fingerprint density at radius 3 is 1.90 bits per heavy atom. The fourth-order valence-corrected chi connectivity index (χ4v) is 6.50. The molecule has 0 saturated carbocycles. The molecule has 30 heavy (non-hydrogen) atoms. The van der Waals surface area contributed by atoms with E-state index in [4.69, 9.17) is 4.52 Å². The van der Waals surface area contributed by atoms with Gasteiger partial charge in [0.2, 0.25) is 5.76 Å². The molecule has 3 aromatic carbocycles. The molecule has 4 aromatic rings. The molecule has 0 saturated heterocycles. The number of aromatic nitrogens is 1. The van der Waals surface area contributed by atoms with Crippen LogP contribution in [0.4, 0.5) is 5.69 Å². The summed E-state index contributed by atoms with van der Waals surface area (Å²) in [5.74, 6) is 0.325. The first-order chi connectivity index (χ1) is 14.6. The smallest absolute Gasteiger partial charge is 0.334 e. The lowest BCUT2D eigenvalue weighted by molar-refractivity contribution is -0.386. The van der Waals surface area contributed by atoms with Crippen LogP contribution >= 0.6 is 7.92 Å². The number of aryl methyl sites for hydroxylation is 1. The Balaban J connectivity index is 1.87. The van der Waals surface area contributed by atoms with Crippen LogP contribution in [0.2, 0.25) is 0 Å². The van der Waals surface area contributed by atoms with E-state index in [0.717, 1.165) is 5.56 Å². The summed E-state index contributed by atoms with van der Waals surface area (Å²) in [7, 11) is -0.847. The molecule has 4 rings (SSSR count). The van der Waals surface area contributed by atoms with Crippen molar-refractivity contribution in [2.24, 2.45) is 0 Å². The Labute approximate surface area is 176 Å². The second kappa shape index (κ2) is 9.02. The first kappa shape index (κ1) is 20.0. The van der Waals surface area contributed by atoms with Crippen molar-refractivity contribution in [3.8, 4) is 0 Å². The highest BCUT2D eigenvalue weighted by atomic mass is 31.1. The Kier molecular flexibility index (Phi) is 6.01. The molecule has 1 aromatic heterocycles. The Morgan fingerprint density at radius 2 is 1.40 bits per heavy atom. The van der Waals surface area contributed by atoms with E-state index in [9.17, 15) is 10.1 Å². The highest BCUT2D eigenvalue weighted by Crippen LogP contribution is 2.51. The largest absolute Gasteiger partial charge is 0.354 e. The van der Waals surface area contributed by atoms with Gasteiger partial charge in [-0.05, 0) is 31.0 Å². The number of rotatable bonds is 7. The molecule has 0 aliphatic heterocycles. The summed E-state index contributed by atoms with van der Waals surface area (Å²) >= 11 is 0. The lowest BCUT2D eigenvalue weighted by atomic mass is 10.1. The molecule has 0 aliphatic rings. The van der Waals surface area contributed by atoms with E-state index in [2.05, 4.69) is 41.6 Å². The van der Waals surface area contributed by atoms with Crippen molar-refractivity contribution in [3.05, 3.63) is 118 Å². The molecule has 6 heteroatoms. The van der Waals surface area contributed by atoms with Gasteiger partial charge in [-0.2, -0.15) is 0 Å². The minimum absolute atomic E-state index is 0.00273. The zero-order valence-corrected chi connectivity index (χ0v) is 17.4.